The van der Waals surface area contributed by atoms with Crippen LogP contribution in [0.5, 0.6) is 0 Å². The van der Waals surface area contributed by atoms with E-state index in [-0.39, 0.29) is 11.1 Å². The Labute approximate surface area is 156 Å². The number of nitriles is 1. The van der Waals surface area contributed by atoms with Crippen molar-refractivity contribution in [3.8, 4) is 17.4 Å². The average molecular weight is 412 g/mol. The van der Waals surface area contributed by atoms with Crippen LogP contribution in [-0.2, 0) is 0 Å². The summed E-state index contributed by atoms with van der Waals surface area (Å²) >= 11 is 3.40. The monoisotopic (exact) mass is 411 g/mol. The van der Waals surface area contributed by atoms with E-state index in [2.05, 4.69) is 26.5 Å². The number of halogens is 2. The molecule has 7 heteroatoms. The summed E-state index contributed by atoms with van der Waals surface area (Å²) in [5.41, 5.74) is 3.05. The number of hydrogen-bond donors (Lipinski definition) is 1. The highest BCUT2D eigenvalue weighted by Gasteiger charge is 2.11. The molecule has 3 rings (SSSR count). The van der Waals surface area contributed by atoms with Crippen LogP contribution in [0.1, 0.15) is 21.7 Å². The van der Waals surface area contributed by atoms with E-state index in [0.29, 0.717) is 11.5 Å². The molecule has 26 heavy (non-hydrogen) atoms. The van der Waals surface area contributed by atoms with E-state index in [0.717, 1.165) is 16.1 Å². The predicted octanol–water partition coefficient (Wildman–Crippen LogP) is 4.48. The van der Waals surface area contributed by atoms with Crippen LogP contribution in [0.2, 0.25) is 0 Å². The smallest absolute Gasteiger partial charge is 0.274 e. The molecule has 128 valence electrons. The van der Waals surface area contributed by atoms with Crippen LogP contribution in [-0.4, -0.2) is 12.1 Å². The third-order valence-corrected chi connectivity index (χ3v) is 3.93. The number of nitrogens with zero attached hydrogens (tertiary/aromatic N) is 2. The van der Waals surface area contributed by atoms with E-state index >= 15 is 0 Å². The third kappa shape index (κ3) is 4.05. The van der Waals surface area contributed by atoms with Crippen molar-refractivity contribution in [1.29, 1.82) is 5.26 Å². The first-order chi connectivity index (χ1) is 12.6. The highest BCUT2D eigenvalue weighted by Crippen LogP contribution is 2.24. The minimum absolute atomic E-state index is 0.137. The van der Waals surface area contributed by atoms with Gasteiger partial charge in [-0.3, -0.25) is 4.79 Å². The summed E-state index contributed by atoms with van der Waals surface area (Å²) in [7, 11) is 0. The summed E-state index contributed by atoms with van der Waals surface area (Å²) in [4.78, 5) is 11.9. The zero-order valence-electron chi connectivity index (χ0n) is 13.2. The lowest BCUT2D eigenvalue weighted by Crippen LogP contribution is -2.19. The molecular weight excluding hydrogens is 401 g/mol. The Morgan fingerprint density at radius 3 is 2.81 bits per heavy atom. The van der Waals surface area contributed by atoms with Crippen LogP contribution in [0.4, 0.5) is 4.39 Å². The van der Waals surface area contributed by atoms with Gasteiger partial charge in [-0.15, -0.1) is 0 Å². The van der Waals surface area contributed by atoms with Crippen molar-refractivity contribution in [3.05, 3.63) is 81.8 Å². The molecule has 0 aliphatic carbocycles. The maximum atomic E-state index is 13.8. The van der Waals surface area contributed by atoms with Crippen LogP contribution < -0.4 is 5.43 Å². The lowest BCUT2D eigenvalue weighted by Gasteiger charge is -2.01. The molecule has 0 aliphatic heterocycles. The normalized spacial score (nSPS) is 10.7. The Hall–Kier alpha value is -3.24. The molecule has 0 saturated carbocycles. The van der Waals surface area contributed by atoms with Gasteiger partial charge in [0.1, 0.15) is 17.3 Å². The van der Waals surface area contributed by atoms with Crippen molar-refractivity contribution in [2.75, 3.05) is 0 Å². The molecule has 0 spiro atoms. The number of carbonyl (C=O) groups excluding carboxylic acids is 1. The van der Waals surface area contributed by atoms with Gasteiger partial charge in [-0.2, -0.15) is 10.4 Å². The molecule has 0 unspecified atom stereocenters. The van der Waals surface area contributed by atoms with Crippen molar-refractivity contribution in [1.82, 2.24) is 5.43 Å². The van der Waals surface area contributed by atoms with Crippen LogP contribution in [0.15, 0.2) is 68.6 Å². The summed E-state index contributed by atoms with van der Waals surface area (Å²) in [6, 6.07) is 16.5. The number of rotatable bonds is 4. The fraction of sp³-hybridized carbons (Fsp3) is 0. The van der Waals surface area contributed by atoms with Gasteiger partial charge >= 0.3 is 0 Å². The molecule has 1 heterocycles. The zero-order valence-corrected chi connectivity index (χ0v) is 14.8. The SMILES string of the molecule is N#Cc1ccc(C(=O)N/N=C/c2ccc(-c3cccc(Br)c3)o2)c(F)c1. The van der Waals surface area contributed by atoms with Gasteiger partial charge in [0.25, 0.3) is 5.91 Å². The molecule has 2 aromatic carbocycles. The van der Waals surface area contributed by atoms with E-state index in [1.807, 2.05) is 24.3 Å². The number of furan rings is 1. The molecule has 1 aromatic heterocycles. The molecule has 5 nitrogen and oxygen atoms in total. The van der Waals surface area contributed by atoms with Gasteiger partial charge in [-0.1, -0.05) is 28.1 Å². The molecule has 0 radical (unpaired) electrons. The number of carbonyl (C=O) groups is 1. The van der Waals surface area contributed by atoms with Gasteiger partial charge in [-0.05, 0) is 42.5 Å². The molecule has 0 saturated heterocycles. The van der Waals surface area contributed by atoms with Crippen molar-refractivity contribution >= 4 is 28.1 Å². The molecule has 0 aliphatic rings. The van der Waals surface area contributed by atoms with Crippen LogP contribution in [0.25, 0.3) is 11.3 Å². The first-order valence-corrected chi connectivity index (χ1v) is 8.25. The van der Waals surface area contributed by atoms with Gasteiger partial charge in [0, 0.05) is 10.0 Å². The Morgan fingerprint density at radius 1 is 1.23 bits per heavy atom. The second-order valence-corrected chi connectivity index (χ2v) is 6.13. The largest absolute Gasteiger partial charge is 0.455 e. The van der Waals surface area contributed by atoms with E-state index in [1.54, 1.807) is 18.2 Å². The van der Waals surface area contributed by atoms with Crippen LogP contribution in [0, 0.1) is 17.1 Å². The highest BCUT2D eigenvalue weighted by atomic mass is 79.9. The Balaban J connectivity index is 1.68. The average Bonchev–Trinajstić information content (AvgIpc) is 3.10. The summed E-state index contributed by atoms with van der Waals surface area (Å²) in [6.45, 7) is 0. The Kier molecular flexibility index (Phi) is 5.25. The van der Waals surface area contributed by atoms with Crippen molar-refractivity contribution in [2.45, 2.75) is 0 Å². The highest BCUT2D eigenvalue weighted by molar-refractivity contribution is 9.10. The molecule has 0 fully saturated rings. The fourth-order valence-electron chi connectivity index (χ4n) is 2.20. The molecule has 1 amide bonds. The number of nitrogens with one attached hydrogen (secondary N) is 1. The quantitative estimate of drug-likeness (QED) is 0.507. The maximum absolute atomic E-state index is 13.8. The van der Waals surface area contributed by atoms with Gasteiger partial charge in [-0.25, -0.2) is 9.82 Å². The van der Waals surface area contributed by atoms with Crippen molar-refractivity contribution in [2.24, 2.45) is 5.10 Å². The second kappa shape index (κ2) is 7.76. The maximum Gasteiger partial charge on any atom is 0.274 e. The molecule has 3 aromatic rings. The van der Waals surface area contributed by atoms with Crippen molar-refractivity contribution in [3.63, 3.8) is 0 Å². The fourth-order valence-corrected chi connectivity index (χ4v) is 2.60. The Bertz CT molecular complexity index is 1040. The minimum atomic E-state index is -0.785. The zero-order chi connectivity index (χ0) is 18.5. The number of hydrazone groups is 1. The first-order valence-electron chi connectivity index (χ1n) is 7.45. The van der Waals surface area contributed by atoms with Crippen LogP contribution in [0.3, 0.4) is 0 Å². The lowest BCUT2D eigenvalue weighted by atomic mass is 10.1. The molecule has 0 atom stereocenters. The van der Waals surface area contributed by atoms with Gasteiger partial charge < -0.3 is 4.42 Å². The van der Waals surface area contributed by atoms with E-state index in [1.165, 1.54) is 18.3 Å². The first kappa shape index (κ1) is 17.6. The summed E-state index contributed by atoms with van der Waals surface area (Å²) < 4.78 is 20.3. The van der Waals surface area contributed by atoms with Gasteiger partial charge in [0.05, 0.1) is 23.4 Å². The third-order valence-electron chi connectivity index (χ3n) is 3.44. The second-order valence-electron chi connectivity index (χ2n) is 5.22. The number of hydrogen-bond acceptors (Lipinski definition) is 4. The molecular formula is C19H11BrFN3O2. The van der Waals surface area contributed by atoms with E-state index in [9.17, 15) is 9.18 Å². The molecule has 0 bridgehead atoms. The van der Waals surface area contributed by atoms with Gasteiger partial charge in [0.2, 0.25) is 0 Å². The summed E-state index contributed by atoms with van der Waals surface area (Å²) in [5.74, 6) is -0.425. The lowest BCUT2D eigenvalue weighted by molar-refractivity contribution is 0.0951. The standard InChI is InChI=1S/C19H11BrFN3O2/c20-14-3-1-2-13(9-14)18-7-5-15(26-18)11-23-24-19(25)16-6-4-12(10-22)8-17(16)21/h1-9,11H,(H,24,25)/b23-11+. The number of benzene rings is 2. The van der Waals surface area contributed by atoms with Gasteiger partial charge in [0.15, 0.2) is 0 Å². The predicted molar refractivity (Wildman–Crippen MR) is 98.0 cm³/mol. The topological polar surface area (TPSA) is 78.4 Å². The van der Waals surface area contributed by atoms with E-state index in [4.69, 9.17) is 9.68 Å². The number of amides is 1. The molecule has 1 N–H and O–H groups in total. The summed E-state index contributed by atoms with van der Waals surface area (Å²) in [5, 5.41) is 12.5. The summed E-state index contributed by atoms with van der Waals surface area (Å²) in [6.07, 6.45) is 1.32. The van der Waals surface area contributed by atoms with E-state index < -0.39 is 11.7 Å². The minimum Gasteiger partial charge on any atom is -0.455 e. The van der Waals surface area contributed by atoms with Crippen molar-refractivity contribution < 1.29 is 13.6 Å². The Morgan fingerprint density at radius 2 is 2.08 bits per heavy atom. The van der Waals surface area contributed by atoms with Crippen LogP contribution >= 0.6 is 15.9 Å².